The van der Waals surface area contributed by atoms with Crippen LogP contribution in [0, 0.1) is 36.0 Å². The predicted octanol–water partition coefficient (Wildman–Crippen LogP) is 3.03. The second-order valence-corrected chi connectivity index (χ2v) is 6.07. The highest BCUT2D eigenvalue weighted by atomic mass is 19.2. The molecule has 11 heteroatoms. The highest BCUT2D eigenvalue weighted by molar-refractivity contribution is 5.89. The number of amides is 2. The summed E-state index contributed by atoms with van der Waals surface area (Å²) < 4.78 is 71.9. The minimum atomic E-state index is -2.28. The van der Waals surface area contributed by atoms with Crippen LogP contribution >= 0.6 is 0 Å². The molecule has 1 N–H and O–H groups in total. The maximum absolute atomic E-state index is 13.7. The lowest BCUT2D eigenvalue weighted by Gasteiger charge is -2.34. The van der Waals surface area contributed by atoms with Gasteiger partial charge in [-0.05, 0) is 6.92 Å². The Hall–Kier alpha value is -2.69. The van der Waals surface area contributed by atoms with E-state index in [0.717, 1.165) is 5.69 Å². The van der Waals surface area contributed by atoms with Crippen molar-refractivity contribution in [3.8, 4) is 0 Å². The molecule has 1 fully saturated rings. The van der Waals surface area contributed by atoms with Gasteiger partial charge in [-0.3, -0.25) is 4.90 Å². The minimum Gasteiger partial charge on any atom is -0.360 e. The summed E-state index contributed by atoms with van der Waals surface area (Å²) in [4.78, 5) is 15.3. The molecule has 0 saturated carbocycles. The molecule has 0 atom stereocenters. The Morgan fingerprint density at radius 3 is 2.11 bits per heavy atom. The molecule has 1 aliphatic heterocycles. The van der Waals surface area contributed by atoms with Crippen molar-refractivity contribution in [2.45, 2.75) is 13.5 Å². The number of aryl methyl sites for hydroxylation is 1. The minimum absolute atomic E-state index is 0.203. The van der Waals surface area contributed by atoms with Crippen molar-refractivity contribution in [2.24, 2.45) is 0 Å². The van der Waals surface area contributed by atoms with Crippen LogP contribution in [-0.4, -0.2) is 47.2 Å². The molecule has 6 nitrogen and oxygen atoms in total. The van der Waals surface area contributed by atoms with Crippen molar-refractivity contribution < 1.29 is 31.3 Å². The van der Waals surface area contributed by atoms with Crippen LogP contribution in [0.1, 0.15) is 11.5 Å². The molecule has 3 rings (SSSR count). The van der Waals surface area contributed by atoms with Crippen LogP contribution in [-0.2, 0) is 6.54 Å². The van der Waals surface area contributed by atoms with Gasteiger partial charge in [-0.1, -0.05) is 5.16 Å². The number of anilines is 1. The van der Waals surface area contributed by atoms with E-state index in [2.05, 4.69) is 5.16 Å². The number of aromatic nitrogens is 1. The van der Waals surface area contributed by atoms with E-state index in [-0.39, 0.29) is 13.1 Å². The second kappa shape index (κ2) is 7.51. The molecular weight excluding hydrogens is 375 g/mol. The van der Waals surface area contributed by atoms with E-state index in [4.69, 9.17) is 4.52 Å². The Balaban J connectivity index is 1.62. The maximum Gasteiger partial charge on any atom is 0.322 e. The largest absolute Gasteiger partial charge is 0.360 e. The van der Waals surface area contributed by atoms with E-state index in [0.29, 0.717) is 25.4 Å². The van der Waals surface area contributed by atoms with Gasteiger partial charge >= 0.3 is 6.03 Å². The number of rotatable bonds is 3. The standard InChI is InChI=1S/C16H15F5N4O2/c1-8-6-9(27-23-8)7-24-2-4-25(5-3-24)16(26)22-15-13(20)11(18)10(17)12(19)14(15)21/h6H,2-5,7H2,1H3,(H,22,26). The fourth-order valence-corrected chi connectivity index (χ4v) is 2.72. The van der Waals surface area contributed by atoms with Gasteiger partial charge in [-0.2, -0.15) is 0 Å². The molecule has 1 saturated heterocycles. The van der Waals surface area contributed by atoms with Gasteiger partial charge in [-0.15, -0.1) is 0 Å². The van der Waals surface area contributed by atoms with Crippen molar-refractivity contribution in [1.29, 1.82) is 0 Å². The first kappa shape index (κ1) is 19.1. The molecule has 0 spiro atoms. The first-order chi connectivity index (χ1) is 12.8. The summed E-state index contributed by atoms with van der Waals surface area (Å²) in [7, 11) is 0. The zero-order valence-corrected chi connectivity index (χ0v) is 14.2. The number of hydrogen-bond acceptors (Lipinski definition) is 4. The molecule has 146 valence electrons. The van der Waals surface area contributed by atoms with Crippen LogP contribution in [0.25, 0.3) is 0 Å². The molecule has 2 amide bonds. The monoisotopic (exact) mass is 390 g/mol. The van der Waals surface area contributed by atoms with Crippen LogP contribution in [0.4, 0.5) is 32.4 Å². The first-order valence-electron chi connectivity index (χ1n) is 7.99. The highest BCUT2D eigenvalue weighted by Gasteiger charge is 2.29. The van der Waals surface area contributed by atoms with Gasteiger partial charge in [0.2, 0.25) is 5.82 Å². The number of carbonyl (C=O) groups excluding carboxylic acids is 1. The van der Waals surface area contributed by atoms with E-state index >= 15 is 0 Å². The van der Waals surface area contributed by atoms with E-state index in [1.165, 1.54) is 4.90 Å². The summed E-state index contributed by atoms with van der Waals surface area (Å²) in [5.41, 5.74) is -0.623. The van der Waals surface area contributed by atoms with Gasteiger partial charge in [0, 0.05) is 32.2 Å². The van der Waals surface area contributed by atoms with E-state index in [9.17, 15) is 26.7 Å². The number of hydrogen-bond donors (Lipinski definition) is 1. The number of urea groups is 1. The van der Waals surface area contributed by atoms with Gasteiger partial charge < -0.3 is 14.7 Å². The molecule has 1 aromatic heterocycles. The lowest BCUT2D eigenvalue weighted by atomic mass is 10.2. The number of nitrogens with one attached hydrogen (secondary N) is 1. The van der Waals surface area contributed by atoms with E-state index in [1.807, 2.05) is 4.90 Å². The molecule has 2 heterocycles. The molecule has 1 aliphatic rings. The summed E-state index contributed by atoms with van der Waals surface area (Å²) >= 11 is 0. The van der Waals surface area contributed by atoms with Crippen molar-refractivity contribution in [1.82, 2.24) is 15.0 Å². The fourth-order valence-electron chi connectivity index (χ4n) is 2.72. The average molecular weight is 390 g/mol. The van der Waals surface area contributed by atoms with Gasteiger partial charge in [0.15, 0.2) is 29.0 Å². The van der Waals surface area contributed by atoms with Crippen molar-refractivity contribution in [3.63, 3.8) is 0 Å². The Morgan fingerprint density at radius 2 is 1.59 bits per heavy atom. The smallest absolute Gasteiger partial charge is 0.322 e. The fraction of sp³-hybridized carbons (Fsp3) is 0.375. The maximum atomic E-state index is 13.7. The number of benzene rings is 1. The summed E-state index contributed by atoms with van der Waals surface area (Å²) in [5, 5.41) is 5.54. The number of piperazine rings is 1. The third kappa shape index (κ3) is 3.87. The quantitative estimate of drug-likeness (QED) is 0.497. The topological polar surface area (TPSA) is 61.6 Å². The van der Waals surface area contributed by atoms with Crippen LogP contribution in [0.3, 0.4) is 0 Å². The van der Waals surface area contributed by atoms with Crippen LogP contribution in [0.15, 0.2) is 10.6 Å². The van der Waals surface area contributed by atoms with Crippen molar-refractivity contribution >= 4 is 11.7 Å². The summed E-state index contributed by atoms with van der Waals surface area (Å²) in [6.45, 7) is 3.54. The molecule has 27 heavy (non-hydrogen) atoms. The second-order valence-electron chi connectivity index (χ2n) is 6.07. The lowest BCUT2D eigenvalue weighted by Crippen LogP contribution is -2.49. The SMILES string of the molecule is Cc1cc(CN2CCN(C(=O)Nc3c(F)c(F)c(F)c(F)c3F)CC2)on1. The highest BCUT2D eigenvalue weighted by Crippen LogP contribution is 2.27. The van der Waals surface area contributed by atoms with E-state index < -0.39 is 40.8 Å². The molecule has 1 aromatic carbocycles. The molecule has 0 aliphatic carbocycles. The van der Waals surface area contributed by atoms with Crippen molar-refractivity contribution in [3.05, 3.63) is 46.6 Å². The van der Waals surface area contributed by atoms with Gasteiger partial charge in [0.05, 0.1) is 12.2 Å². The van der Waals surface area contributed by atoms with Gasteiger partial charge in [0.1, 0.15) is 5.69 Å². The van der Waals surface area contributed by atoms with Crippen molar-refractivity contribution in [2.75, 3.05) is 31.5 Å². The third-order valence-electron chi connectivity index (χ3n) is 4.16. The van der Waals surface area contributed by atoms with Gasteiger partial charge in [0.25, 0.3) is 0 Å². The molecule has 0 radical (unpaired) electrons. The Bertz CT molecular complexity index is 836. The molecule has 2 aromatic rings. The summed E-state index contributed by atoms with van der Waals surface area (Å²) in [6.07, 6.45) is 0. The number of carbonyl (C=O) groups is 1. The molecular formula is C16H15F5N4O2. The van der Waals surface area contributed by atoms with E-state index in [1.54, 1.807) is 18.3 Å². The summed E-state index contributed by atoms with van der Waals surface area (Å²) in [5.74, 6) is -10.0. The lowest BCUT2D eigenvalue weighted by molar-refractivity contribution is 0.134. The third-order valence-corrected chi connectivity index (χ3v) is 4.16. The molecule has 0 bridgehead atoms. The van der Waals surface area contributed by atoms with Crippen LogP contribution in [0.5, 0.6) is 0 Å². The Kier molecular flexibility index (Phi) is 5.31. The normalized spacial score (nSPS) is 15.3. The first-order valence-corrected chi connectivity index (χ1v) is 7.99. The average Bonchev–Trinajstić information content (AvgIpc) is 3.07. The zero-order valence-electron chi connectivity index (χ0n) is 14.2. The van der Waals surface area contributed by atoms with Gasteiger partial charge in [-0.25, -0.2) is 26.7 Å². The predicted molar refractivity (Wildman–Crippen MR) is 83.3 cm³/mol. The summed E-state index contributed by atoms with van der Waals surface area (Å²) in [6, 6.07) is 0.829. The number of halogens is 5. The number of nitrogens with zero attached hydrogens (tertiary/aromatic N) is 3. The molecule has 0 unspecified atom stereocenters. The van der Waals surface area contributed by atoms with Crippen LogP contribution < -0.4 is 5.32 Å². The Morgan fingerprint density at radius 1 is 1.04 bits per heavy atom. The van der Waals surface area contributed by atoms with Crippen LogP contribution in [0.2, 0.25) is 0 Å². The zero-order chi connectivity index (χ0) is 19.7. The Labute approximate surface area is 150 Å².